The van der Waals surface area contributed by atoms with E-state index in [0.29, 0.717) is 5.56 Å². The van der Waals surface area contributed by atoms with Gasteiger partial charge >= 0.3 is 12.1 Å². The first-order valence-electron chi connectivity index (χ1n) is 7.36. The maximum absolute atomic E-state index is 12.5. The molecule has 1 fully saturated rings. The summed E-state index contributed by atoms with van der Waals surface area (Å²) in [6.07, 6.45) is -0.683. The lowest BCUT2D eigenvalue weighted by Gasteiger charge is -2.30. The molecule has 132 valence electrons. The van der Waals surface area contributed by atoms with Crippen molar-refractivity contribution in [2.75, 3.05) is 12.9 Å². The van der Waals surface area contributed by atoms with Crippen LogP contribution >= 0.6 is 11.8 Å². The molecular formula is C16H21NO6S. The molecule has 2 rings (SSSR count). The average Bonchev–Trinajstić information content (AvgIpc) is 2.91. The molecule has 1 aromatic carbocycles. The molecule has 1 aliphatic heterocycles. The van der Waals surface area contributed by atoms with E-state index in [0.717, 1.165) is 0 Å². The maximum Gasteiger partial charge on any atom is 0.412 e. The summed E-state index contributed by atoms with van der Waals surface area (Å²) in [5.74, 6) is -0.594. The highest BCUT2D eigenvalue weighted by Gasteiger charge is 2.44. The number of hydrogen-bond acceptors (Lipinski definition) is 6. The number of thioether (sulfide) groups is 1. The Bertz CT molecular complexity index is 642. The molecule has 0 bridgehead atoms. The van der Waals surface area contributed by atoms with Gasteiger partial charge in [-0.15, -0.1) is 11.8 Å². The number of carbonyl (C=O) groups excluding carboxylic acids is 1. The summed E-state index contributed by atoms with van der Waals surface area (Å²) in [6, 6.07) is 3.71. The van der Waals surface area contributed by atoms with Crippen molar-refractivity contribution in [3.63, 3.8) is 0 Å². The molecule has 1 aromatic rings. The van der Waals surface area contributed by atoms with Gasteiger partial charge in [0.05, 0.1) is 7.11 Å². The summed E-state index contributed by atoms with van der Waals surface area (Å²) < 4.78 is 10.4. The Morgan fingerprint density at radius 1 is 1.33 bits per heavy atom. The van der Waals surface area contributed by atoms with E-state index in [9.17, 15) is 19.8 Å². The molecule has 0 spiro atoms. The van der Waals surface area contributed by atoms with Crippen LogP contribution in [0.15, 0.2) is 18.2 Å². The number of phenolic OH excluding ortho intramolecular Hbond substituents is 1. The molecule has 1 heterocycles. The van der Waals surface area contributed by atoms with E-state index in [1.807, 2.05) is 0 Å². The Hall–Kier alpha value is -2.09. The number of carboxylic acid groups (broad SMARTS) is 1. The number of ether oxygens (including phenoxy) is 2. The predicted molar refractivity (Wildman–Crippen MR) is 89.4 cm³/mol. The van der Waals surface area contributed by atoms with Gasteiger partial charge in [-0.05, 0) is 38.5 Å². The summed E-state index contributed by atoms with van der Waals surface area (Å²) in [5, 5.41) is 18.6. The van der Waals surface area contributed by atoms with Crippen molar-refractivity contribution in [2.45, 2.75) is 37.8 Å². The largest absolute Gasteiger partial charge is 0.504 e. The molecule has 0 saturated carbocycles. The first kappa shape index (κ1) is 18.3. The fourth-order valence-electron chi connectivity index (χ4n) is 2.34. The van der Waals surface area contributed by atoms with Gasteiger partial charge < -0.3 is 19.7 Å². The molecule has 1 saturated heterocycles. The van der Waals surface area contributed by atoms with Crippen LogP contribution in [0.3, 0.4) is 0 Å². The number of nitrogens with zero attached hydrogens (tertiary/aromatic N) is 1. The third-order valence-electron chi connectivity index (χ3n) is 3.38. The highest BCUT2D eigenvalue weighted by Crippen LogP contribution is 2.44. The molecule has 7 nitrogen and oxygen atoms in total. The zero-order valence-electron chi connectivity index (χ0n) is 14.0. The lowest BCUT2D eigenvalue weighted by atomic mass is 10.1. The van der Waals surface area contributed by atoms with Gasteiger partial charge in [0.2, 0.25) is 0 Å². The number of aromatic hydroxyl groups is 1. The highest BCUT2D eigenvalue weighted by atomic mass is 32.2. The van der Waals surface area contributed by atoms with Crippen molar-refractivity contribution in [3.8, 4) is 11.5 Å². The molecule has 2 N–H and O–H groups in total. The van der Waals surface area contributed by atoms with E-state index in [1.54, 1.807) is 32.9 Å². The van der Waals surface area contributed by atoms with Crippen molar-refractivity contribution < 1.29 is 29.3 Å². The number of rotatable bonds is 3. The first-order chi connectivity index (χ1) is 11.1. The van der Waals surface area contributed by atoms with E-state index in [-0.39, 0.29) is 17.3 Å². The zero-order valence-corrected chi connectivity index (χ0v) is 14.8. The summed E-state index contributed by atoms with van der Waals surface area (Å²) in [7, 11) is 1.42. The van der Waals surface area contributed by atoms with E-state index in [4.69, 9.17) is 9.47 Å². The second kappa shape index (κ2) is 6.80. The van der Waals surface area contributed by atoms with Gasteiger partial charge in [0.25, 0.3) is 0 Å². The minimum absolute atomic E-state index is 0.0251. The van der Waals surface area contributed by atoms with Crippen molar-refractivity contribution in [3.05, 3.63) is 23.8 Å². The number of amides is 1. The van der Waals surface area contributed by atoms with Crippen molar-refractivity contribution in [1.29, 1.82) is 0 Å². The lowest BCUT2D eigenvalue weighted by Crippen LogP contribution is -2.45. The standard InChI is InChI=1S/C16H21NO6S/c1-16(2,3)23-15(21)17-10(14(19)20)8-24-13(17)9-5-6-11(18)12(7-9)22-4/h5-7,10,13,18H,8H2,1-4H3,(H,19,20). The van der Waals surface area contributed by atoms with Gasteiger partial charge in [-0.2, -0.15) is 0 Å². The smallest absolute Gasteiger partial charge is 0.412 e. The van der Waals surface area contributed by atoms with Crippen molar-refractivity contribution >= 4 is 23.8 Å². The molecule has 1 aliphatic rings. The Kier molecular flexibility index (Phi) is 5.17. The highest BCUT2D eigenvalue weighted by molar-refractivity contribution is 7.99. The van der Waals surface area contributed by atoms with Crippen molar-refractivity contribution in [2.24, 2.45) is 0 Å². The maximum atomic E-state index is 12.5. The monoisotopic (exact) mass is 355 g/mol. The molecule has 0 radical (unpaired) electrons. The van der Waals surface area contributed by atoms with Gasteiger partial charge in [0, 0.05) is 5.75 Å². The molecule has 0 aliphatic carbocycles. The number of methoxy groups -OCH3 is 1. The molecular weight excluding hydrogens is 334 g/mol. The fourth-order valence-corrected chi connectivity index (χ4v) is 3.74. The van der Waals surface area contributed by atoms with Gasteiger partial charge in [0.15, 0.2) is 11.5 Å². The molecule has 2 unspecified atom stereocenters. The van der Waals surface area contributed by atoms with Crippen LogP contribution < -0.4 is 4.74 Å². The van der Waals surface area contributed by atoms with Gasteiger partial charge in [-0.3, -0.25) is 4.90 Å². The van der Waals surface area contributed by atoms with Crippen LogP contribution in [-0.4, -0.2) is 51.7 Å². The molecule has 8 heteroatoms. The van der Waals surface area contributed by atoms with Crippen molar-refractivity contribution in [1.82, 2.24) is 4.90 Å². The fraction of sp³-hybridized carbons (Fsp3) is 0.500. The third kappa shape index (κ3) is 3.87. The Morgan fingerprint density at radius 3 is 2.54 bits per heavy atom. The second-order valence-corrected chi connectivity index (χ2v) is 7.47. The molecule has 2 atom stereocenters. The minimum Gasteiger partial charge on any atom is -0.504 e. The third-order valence-corrected chi connectivity index (χ3v) is 4.70. The quantitative estimate of drug-likeness (QED) is 0.860. The van der Waals surface area contributed by atoms with Gasteiger partial charge in [0.1, 0.15) is 17.0 Å². The van der Waals surface area contributed by atoms with Crippen LogP contribution in [0.5, 0.6) is 11.5 Å². The number of aliphatic carboxylic acids is 1. The van der Waals surface area contributed by atoms with Crippen LogP contribution in [0.4, 0.5) is 4.79 Å². The van der Waals surface area contributed by atoms with E-state index in [2.05, 4.69) is 0 Å². The lowest BCUT2D eigenvalue weighted by molar-refractivity contribution is -0.142. The van der Waals surface area contributed by atoms with Gasteiger partial charge in [-0.25, -0.2) is 9.59 Å². The summed E-state index contributed by atoms with van der Waals surface area (Å²) in [6.45, 7) is 5.17. The van der Waals surface area contributed by atoms with E-state index in [1.165, 1.54) is 29.8 Å². The van der Waals surface area contributed by atoms with E-state index >= 15 is 0 Å². The average molecular weight is 355 g/mol. The van der Waals surface area contributed by atoms with E-state index < -0.39 is 29.1 Å². The SMILES string of the molecule is COc1cc(C2SCC(C(=O)O)N2C(=O)OC(C)(C)C)ccc1O. The first-order valence-corrected chi connectivity index (χ1v) is 8.41. The summed E-state index contributed by atoms with van der Waals surface area (Å²) in [5.41, 5.74) is -0.0748. The van der Waals surface area contributed by atoms with Gasteiger partial charge in [-0.1, -0.05) is 6.07 Å². The zero-order chi connectivity index (χ0) is 18.1. The van der Waals surface area contributed by atoms with Crippen LogP contribution in [0.25, 0.3) is 0 Å². The Balaban J connectivity index is 2.37. The molecule has 24 heavy (non-hydrogen) atoms. The number of carbonyl (C=O) groups is 2. The second-order valence-electron chi connectivity index (χ2n) is 6.36. The number of carboxylic acids is 1. The minimum atomic E-state index is -1.08. The van der Waals surface area contributed by atoms with Crippen LogP contribution in [0.2, 0.25) is 0 Å². The normalized spacial score (nSPS) is 20.8. The topological polar surface area (TPSA) is 96.3 Å². The number of phenols is 1. The molecule has 1 amide bonds. The summed E-state index contributed by atoms with van der Waals surface area (Å²) in [4.78, 5) is 25.3. The Morgan fingerprint density at radius 2 is 2.00 bits per heavy atom. The Labute approximate surface area is 144 Å². The summed E-state index contributed by atoms with van der Waals surface area (Å²) >= 11 is 1.33. The van der Waals surface area contributed by atoms with Crippen LogP contribution in [-0.2, 0) is 9.53 Å². The number of hydrogen-bond donors (Lipinski definition) is 2. The predicted octanol–water partition coefficient (Wildman–Crippen LogP) is 2.84. The molecule has 0 aromatic heterocycles. The number of benzene rings is 1. The van der Waals surface area contributed by atoms with Crippen LogP contribution in [0.1, 0.15) is 31.7 Å². The van der Waals surface area contributed by atoms with Crippen LogP contribution in [0, 0.1) is 0 Å².